The molecule has 1 unspecified atom stereocenters. The lowest BCUT2D eigenvalue weighted by molar-refractivity contribution is -0.117. The summed E-state index contributed by atoms with van der Waals surface area (Å²) in [6.07, 6.45) is 2.97. The van der Waals surface area contributed by atoms with Crippen molar-refractivity contribution >= 4 is 34.1 Å². The number of pyridine rings is 1. The Morgan fingerprint density at radius 2 is 2.33 bits per heavy atom. The van der Waals surface area contributed by atoms with Gasteiger partial charge < -0.3 is 15.8 Å². The molecule has 0 saturated heterocycles. The van der Waals surface area contributed by atoms with Gasteiger partial charge in [0.15, 0.2) is 0 Å². The highest BCUT2D eigenvalue weighted by Gasteiger charge is 2.15. The second-order valence-corrected chi connectivity index (χ2v) is 5.20. The van der Waals surface area contributed by atoms with Crippen LogP contribution in [0.25, 0.3) is 10.9 Å². The van der Waals surface area contributed by atoms with E-state index in [1.807, 2.05) is 12.1 Å². The number of nitrogens with two attached hydrogens (primary N) is 1. The molecule has 1 atom stereocenters. The number of hydrogen-bond acceptors (Lipinski definition) is 4. The number of anilines is 1. The van der Waals surface area contributed by atoms with Gasteiger partial charge in [0.25, 0.3) is 0 Å². The summed E-state index contributed by atoms with van der Waals surface area (Å²) in [7, 11) is 1.62. The van der Waals surface area contributed by atoms with E-state index in [0.29, 0.717) is 29.3 Å². The van der Waals surface area contributed by atoms with Gasteiger partial charge in [-0.25, -0.2) is 0 Å². The van der Waals surface area contributed by atoms with Crippen molar-refractivity contribution in [2.75, 3.05) is 19.0 Å². The van der Waals surface area contributed by atoms with Gasteiger partial charge in [-0.2, -0.15) is 0 Å². The molecule has 3 N–H and O–H groups in total. The second-order valence-electron chi connectivity index (χ2n) is 4.76. The minimum absolute atomic E-state index is 0.250. The van der Waals surface area contributed by atoms with Gasteiger partial charge >= 0.3 is 0 Å². The van der Waals surface area contributed by atoms with E-state index in [9.17, 15) is 4.79 Å². The second kappa shape index (κ2) is 7.36. The zero-order valence-electron chi connectivity index (χ0n) is 11.8. The highest BCUT2D eigenvalue weighted by molar-refractivity contribution is 6.32. The van der Waals surface area contributed by atoms with Gasteiger partial charge in [-0.15, -0.1) is 0 Å². The molecule has 1 amide bonds. The number of rotatable bonds is 6. The number of carbonyl (C=O) groups excluding carboxylic acids is 1. The predicted octanol–water partition coefficient (Wildman–Crippen LogP) is 2.58. The number of nitrogens with one attached hydrogen (secondary N) is 1. The van der Waals surface area contributed by atoms with E-state index >= 15 is 0 Å². The maximum Gasteiger partial charge on any atom is 0.241 e. The number of methoxy groups -OCH3 is 1. The van der Waals surface area contributed by atoms with Crippen molar-refractivity contribution in [1.82, 2.24) is 4.98 Å². The lowest BCUT2D eigenvalue weighted by Gasteiger charge is -2.13. The number of nitrogens with zero attached hydrogens (tertiary/aromatic N) is 1. The molecule has 6 heteroatoms. The number of hydrogen-bond donors (Lipinski definition) is 2. The van der Waals surface area contributed by atoms with Crippen molar-refractivity contribution in [3.8, 4) is 0 Å². The molecule has 0 aliphatic rings. The zero-order chi connectivity index (χ0) is 15.2. The molecule has 5 nitrogen and oxygen atoms in total. The highest BCUT2D eigenvalue weighted by atomic mass is 35.5. The number of halogens is 1. The molecule has 0 aliphatic carbocycles. The Bertz CT molecular complexity index is 633. The third kappa shape index (κ3) is 4.14. The Balaban J connectivity index is 2.13. The maximum atomic E-state index is 12.1. The summed E-state index contributed by atoms with van der Waals surface area (Å²) >= 11 is 6.06. The Labute approximate surface area is 128 Å². The summed E-state index contributed by atoms with van der Waals surface area (Å²) in [4.78, 5) is 16.4. The van der Waals surface area contributed by atoms with Crippen molar-refractivity contribution in [3.05, 3.63) is 35.5 Å². The first-order valence-corrected chi connectivity index (χ1v) is 7.09. The average Bonchev–Trinajstić information content (AvgIpc) is 2.47. The van der Waals surface area contributed by atoms with Gasteiger partial charge in [0, 0.05) is 30.3 Å². The number of fused-ring (bicyclic) bond motifs is 1. The SMILES string of the molecule is COCCCC(N)C(=O)Nc1cc(Cl)cc2cccnc12. The molecular formula is C15H18ClN3O2. The predicted molar refractivity (Wildman–Crippen MR) is 84.5 cm³/mol. The van der Waals surface area contributed by atoms with E-state index in [0.717, 1.165) is 11.8 Å². The summed E-state index contributed by atoms with van der Waals surface area (Å²) in [6, 6.07) is 6.61. The number of ether oxygens (including phenoxy) is 1. The normalized spacial score (nSPS) is 12.3. The molecule has 2 rings (SSSR count). The Kier molecular flexibility index (Phi) is 5.50. The Morgan fingerprint density at radius 3 is 3.10 bits per heavy atom. The van der Waals surface area contributed by atoms with E-state index in [1.165, 1.54) is 0 Å². The van der Waals surface area contributed by atoms with Crippen LogP contribution < -0.4 is 11.1 Å². The van der Waals surface area contributed by atoms with E-state index in [2.05, 4.69) is 10.3 Å². The molecule has 0 saturated carbocycles. The minimum Gasteiger partial charge on any atom is -0.385 e. The van der Waals surface area contributed by atoms with Gasteiger partial charge in [0.2, 0.25) is 5.91 Å². The molecule has 1 aromatic heterocycles. The van der Waals surface area contributed by atoms with Crippen LogP contribution in [0.1, 0.15) is 12.8 Å². The van der Waals surface area contributed by atoms with Crippen molar-refractivity contribution in [3.63, 3.8) is 0 Å². The van der Waals surface area contributed by atoms with E-state index in [4.69, 9.17) is 22.1 Å². The van der Waals surface area contributed by atoms with Gasteiger partial charge in [0.1, 0.15) is 0 Å². The van der Waals surface area contributed by atoms with Gasteiger partial charge in [-0.1, -0.05) is 17.7 Å². The van der Waals surface area contributed by atoms with Crippen LogP contribution in [0, 0.1) is 0 Å². The molecule has 0 radical (unpaired) electrons. The van der Waals surface area contributed by atoms with Crippen LogP contribution in [0.4, 0.5) is 5.69 Å². The fraction of sp³-hybridized carbons (Fsp3) is 0.333. The number of carbonyl (C=O) groups is 1. The third-order valence-electron chi connectivity index (χ3n) is 3.13. The molecule has 0 aliphatic heterocycles. The average molecular weight is 308 g/mol. The fourth-order valence-electron chi connectivity index (χ4n) is 2.06. The molecule has 0 spiro atoms. The fourth-order valence-corrected chi connectivity index (χ4v) is 2.28. The Morgan fingerprint density at radius 1 is 1.52 bits per heavy atom. The van der Waals surface area contributed by atoms with Crippen LogP contribution in [0.15, 0.2) is 30.5 Å². The molecule has 1 aromatic carbocycles. The molecule has 21 heavy (non-hydrogen) atoms. The van der Waals surface area contributed by atoms with Gasteiger partial charge in [-0.3, -0.25) is 9.78 Å². The van der Waals surface area contributed by atoms with Crippen molar-refractivity contribution in [2.24, 2.45) is 5.73 Å². The van der Waals surface area contributed by atoms with Crippen LogP contribution in [-0.4, -0.2) is 30.6 Å². The summed E-state index contributed by atoms with van der Waals surface area (Å²) in [5, 5.41) is 4.21. The van der Waals surface area contributed by atoms with E-state index < -0.39 is 6.04 Å². The lowest BCUT2D eigenvalue weighted by Crippen LogP contribution is -2.35. The zero-order valence-corrected chi connectivity index (χ0v) is 12.6. The first-order chi connectivity index (χ1) is 10.1. The number of amides is 1. The van der Waals surface area contributed by atoms with Crippen molar-refractivity contribution < 1.29 is 9.53 Å². The molecule has 2 aromatic rings. The minimum atomic E-state index is -0.585. The summed E-state index contributed by atoms with van der Waals surface area (Å²) in [6.45, 7) is 0.586. The quantitative estimate of drug-likeness (QED) is 0.804. The summed E-state index contributed by atoms with van der Waals surface area (Å²) in [5.74, 6) is -0.250. The smallest absolute Gasteiger partial charge is 0.241 e. The molecular weight excluding hydrogens is 290 g/mol. The Hall–Kier alpha value is -1.69. The molecule has 1 heterocycles. The van der Waals surface area contributed by atoms with Crippen molar-refractivity contribution in [1.29, 1.82) is 0 Å². The van der Waals surface area contributed by atoms with Crippen LogP contribution in [-0.2, 0) is 9.53 Å². The number of aromatic nitrogens is 1. The topological polar surface area (TPSA) is 77.2 Å². The van der Waals surface area contributed by atoms with Crippen molar-refractivity contribution in [2.45, 2.75) is 18.9 Å². The first kappa shape index (κ1) is 15.7. The third-order valence-corrected chi connectivity index (χ3v) is 3.35. The molecule has 0 bridgehead atoms. The van der Waals surface area contributed by atoms with Crippen LogP contribution in [0.5, 0.6) is 0 Å². The monoisotopic (exact) mass is 307 g/mol. The molecule has 0 fully saturated rings. The summed E-state index contributed by atoms with van der Waals surface area (Å²) in [5.41, 5.74) is 7.14. The first-order valence-electron chi connectivity index (χ1n) is 6.71. The van der Waals surface area contributed by atoms with E-state index in [-0.39, 0.29) is 5.91 Å². The highest BCUT2D eigenvalue weighted by Crippen LogP contribution is 2.26. The lowest BCUT2D eigenvalue weighted by atomic mass is 10.1. The standard InChI is InChI=1S/C15H18ClN3O2/c1-21-7-3-5-12(17)15(20)19-13-9-11(16)8-10-4-2-6-18-14(10)13/h2,4,6,8-9,12H,3,5,7,17H2,1H3,(H,19,20). The van der Waals surface area contributed by atoms with E-state index in [1.54, 1.807) is 25.4 Å². The maximum absolute atomic E-state index is 12.1. The van der Waals surface area contributed by atoms with Gasteiger partial charge in [0.05, 0.1) is 17.2 Å². The van der Waals surface area contributed by atoms with Crippen LogP contribution in [0.3, 0.4) is 0 Å². The van der Waals surface area contributed by atoms with Crippen LogP contribution >= 0.6 is 11.6 Å². The largest absolute Gasteiger partial charge is 0.385 e. The number of benzene rings is 1. The van der Waals surface area contributed by atoms with Gasteiger partial charge in [-0.05, 0) is 31.0 Å². The summed E-state index contributed by atoms with van der Waals surface area (Å²) < 4.78 is 4.95. The molecule has 112 valence electrons. The van der Waals surface area contributed by atoms with Crippen LogP contribution in [0.2, 0.25) is 5.02 Å².